The lowest BCUT2D eigenvalue weighted by Crippen LogP contribution is -2.44. The maximum Gasteiger partial charge on any atom is 0.0628 e. The van der Waals surface area contributed by atoms with Gasteiger partial charge in [0, 0.05) is 6.04 Å². The van der Waals surface area contributed by atoms with Gasteiger partial charge in [0.1, 0.15) is 0 Å². The molecule has 1 N–H and O–H groups in total. The summed E-state index contributed by atoms with van der Waals surface area (Å²) in [5.74, 6) is 0. The Bertz CT molecular complexity index is 151. The van der Waals surface area contributed by atoms with E-state index in [1.54, 1.807) is 0 Å². The molecule has 15 heavy (non-hydrogen) atoms. The van der Waals surface area contributed by atoms with Crippen LogP contribution in [0.3, 0.4) is 0 Å². The smallest absolute Gasteiger partial charge is 0.0628 e. The summed E-state index contributed by atoms with van der Waals surface area (Å²) in [5, 5.41) is 3.50. The largest absolute Gasteiger partial charge is 0.377 e. The molecule has 0 aromatic carbocycles. The van der Waals surface area contributed by atoms with Crippen LogP contribution in [0.4, 0.5) is 0 Å². The fraction of sp³-hybridized carbons (Fsp3) is 1.00. The summed E-state index contributed by atoms with van der Waals surface area (Å²) in [6, 6.07) is 0.446. The molecule has 0 radical (unpaired) electrons. The Labute approximate surface area is 95.8 Å². The second kappa shape index (κ2) is 7.24. The van der Waals surface area contributed by atoms with E-state index in [0.29, 0.717) is 12.1 Å². The lowest BCUT2D eigenvalue weighted by atomic mass is 9.87. The zero-order valence-electron chi connectivity index (χ0n) is 11.4. The Morgan fingerprint density at radius 1 is 1.20 bits per heavy atom. The van der Waals surface area contributed by atoms with Crippen LogP contribution in [0.25, 0.3) is 0 Å². The van der Waals surface area contributed by atoms with Gasteiger partial charge in [-0.3, -0.25) is 0 Å². The maximum absolute atomic E-state index is 5.86. The van der Waals surface area contributed by atoms with Gasteiger partial charge in [-0.1, -0.05) is 41.0 Å². The standard InChI is InChI=1S/C13H29NO/c1-7-9-11(3)15-10-12(14-8-2)13(4,5)6/h11-12,14H,7-10H2,1-6H3. The summed E-state index contributed by atoms with van der Waals surface area (Å²) in [5.41, 5.74) is 0.266. The summed E-state index contributed by atoms with van der Waals surface area (Å²) in [6.07, 6.45) is 2.74. The van der Waals surface area contributed by atoms with Gasteiger partial charge < -0.3 is 10.1 Å². The molecule has 0 rings (SSSR count). The topological polar surface area (TPSA) is 21.3 Å². The highest BCUT2D eigenvalue weighted by atomic mass is 16.5. The second-order valence-electron chi connectivity index (χ2n) is 5.41. The van der Waals surface area contributed by atoms with Crippen molar-refractivity contribution in [1.82, 2.24) is 5.32 Å². The van der Waals surface area contributed by atoms with Crippen LogP contribution in [0, 0.1) is 5.41 Å². The van der Waals surface area contributed by atoms with Crippen molar-refractivity contribution in [1.29, 1.82) is 0 Å². The SMILES string of the molecule is CCCC(C)OCC(NCC)C(C)(C)C. The Kier molecular flexibility index (Phi) is 7.20. The molecule has 0 aromatic rings. The molecule has 0 aliphatic heterocycles. The van der Waals surface area contributed by atoms with Crippen LogP contribution >= 0.6 is 0 Å². The Balaban J connectivity index is 3.96. The molecular weight excluding hydrogens is 186 g/mol. The predicted octanol–water partition coefficient (Wildman–Crippen LogP) is 3.22. The third-order valence-corrected chi connectivity index (χ3v) is 2.74. The zero-order valence-corrected chi connectivity index (χ0v) is 11.4. The van der Waals surface area contributed by atoms with Crippen molar-refractivity contribution in [3.8, 4) is 0 Å². The first kappa shape index (κ1) is 14.9. The normalized spacial score (nSPS) is 16.4. The highest BCUT2D eigenvalue weighted by Gasteiger charge is 2.24. The van der Waals surface area contributed by atoms with Crippen LogP contribution in [-0.2, 0) is 4.74 Å². The minimum absolute atomic E-state index is 0.266. The van der Waals surface area contributed by atoms with Crippen LogP contribution in [0.2, 0.25) is 0 Å². The number of ether oxygens (including phenoxy) is 1. The quantitative estimate of drug-likeness (QED) is 0.704. The van der Waals surface area contributed by atoms with Gasteiger partial charge in [-0.05, 0) is 25.3 Å². The molecule has 0 amide bonds. The van der Waals surface area contributed by atoms with E-state index in [9.17, 15) is 0 Å². The van der Waals surface area contributed by atoms with Crippen molar-refractivity contribution in [2.75, 3.05) is 13.2 Å². The van der Waals surface area contributed by atoms with Crippen molar-refractivity contribution >= 4 is 0 Å². The third kappa shape index (κ3) is 6.91. The second-order valence-corrected chi connectivity index (χ2v) is 5.41. The van der Waals surface area contributed by atoms with Gasteiger partial charge in [0.2, 0.25) is 0 Å². The lowest BCUT2D eigenvalue weighted by molar-refractivity contribution is 0.0225. The van der Waals surface area contributed by atoms with Crippen LogP contribution < -0.4 is 5.32 Å². The molecule has 0 aliphatic rings. The molecule has 0 aromatic heterocycles. The molecule has 0 spiro atoms. The van der Waals surface area contributed by atoms with E-state index in [1.165, 1.54) is 6.42 Å². The molecule has 2 heteroatoms. The maximum atomic E-state index is 5.86. The van der Waals surface area contributed by atoms with Crippen molar-refractivity contribution in [3.05, 3.63) is 0 Å². The number of rotatable bonds is 7. The molecule has 92 valence electrons. The third-order valence-electron chi connectivity index (χ3n) is 2.74. The van der Waals surface area contributed by atoms with Crippen LogP contribution in [-0.4, -0.2) is 25.3 Å². The number of likely N-dealkylation sites (N-methyl/N-ethyl adjacent to an activating group) is 1. The number of nitrogens with one attached hydrogen (secondary N) is 1. The Morgan fingerprint density at radius 3 is 2.20 bits per heavy atom. The van der Waals surface area contributed by atoms with E-state index in [-0.39, 0.29) is 5.41 Å². The molecule has 2 nitrogen and oxygen atoms in total. The summed E-state index contributed by atoms with van der Waals surface area (Å²) >= 11 is 0. The molecule has 0 bridgehead atoms. The molecule has 2 unspecified atom stereocenters. The minimum Gasteiger partial charge on any atom is -0.377 e. The summed E-state index contributed by atoms with van der Waals surface area (Å²) in [6.45, 7) is 15.1. The summed E-state index contributed by atoms with van der Waals surface area (Å²) in [7, 11) is 0. The van der Waals surface area contributed by atoms with Gasteiger partial charge >= 0.3 is 0 Å². The number of hydrogen-bond acceptors (Lipinski definition) is 2. The van der Waals surface area contributed by atoms with Crippen LogP contribution in [0.1, 0.15) is 54.4 Å². The highest BCUT2D eigenvalue weighted by Crippen LogP contribution is 2.20. The first-order valence-corrected chi connectivity index (χ1v) is 6.26. The van der Waals surface area contributed by atoms with E-state index < -0.39 is 0 Å². The Morgan fingerprint density at radius 2 is 1.80 bits per heavy atom. The van der Waals surface area contributed by atoms with Gasteiger partial charge in [0.25, 0.3) is 0 Å². The van der Waals surface area contributed by atoms with Gasteiger partial charge in [-0.25, -0.2) is 0 Å². The molecular formula is C13H29NO. The first-order chi connectivity index (χ1) is 6.91. The lowest BCUT2D eigenvalue weighted by Gasteiger charge is -2.32. The molecule has 0 fully saturated rings. The molecule has 0 saturated heterocycles. The van der Waals surface area contributed by atoms with Crippen molar-refractivity contribution in [3.63, 3.8) is 0 Å². The van der Waals surface area contributed by atoms with Crippen molar-refractivity contribution in [2.45, 2.75) is 66.5 Å². The van der Waals surface area contributed by atoms with Crippen molar-refractivity contribution < 1.29 is 4.74 Å². The van der Waals surface area contributed by atoms with Crippen molar-refractivity contribution in [2.24, 2.45) is 5.41 Å². The van der Waals surface area contributed by atoms with Gasteiger partial charge in [0.05, 0.1) is 12.7 Å². The predicted molar refractivity (Wildman–Crippen MR) is 67.2 cm³/mol. The minimum atomic E-state index is 0.266. The highest BCUT2D eigenvalue weighted by molar-refractivity contribution is 4.80. The molecule has 0 aliphatic carbocycles. The zero-order chi connectivity index (χ0) is 11.9. The van der Waals surface area contributed by atoms with E-state index in [1.807, 2.05) is 0 Å². The van der Waals surface area contributed by atoms with E-state index >= 15 is 0 Å². The van der Waals surface area contributed by atoms with E-state index in [2.05, 4.69) is 46.9 Å². The van der Waals surface area contributed by atoms with E-state index in [4.69, 9.17) is 4.74 Å². The van der Waals surface area contributed by atoms with Gasteiger partial charge in [0.15, 0.2) is 0 Å². The van der Waals surface area contributed by atoms with Gasteiger partial charge in [-0.15, -0.1) is 0 Å². The molecule has 0 saturated carbocycles. The first-order valence-electron chi connectivity index (χ1n) is 6.26. The Hall–Kier alpha value is -0.0800. The summed E-state index contributed by atoms with van der Waals surface area (Å²) < 4.78 is 5.86. The average molecular weight is 215 g/mol. The van der Waals surface area contributed by atoms with Crippen LogP contribution in [0.15, 0.2) is 0 Å². The molecule has 0 heterocycles. The van der Waals surface area contributed by atoms with Gasteiger partial charge in [-0.2, -0.15) is 0 Å². The number of hydrogen-bond donors (Lipinski definition) is 1. The van der Waals surface area contributed by atoms with Crippen LogP contribution in [0.5, 0.6) is 0 Å². The fourth-order valence-electron chi connectivity index (χ4n) is 1.61. The average Bonchev–Trinajstić information content (AvgIpc) is 2.10. The monoisotopic (exact) mass is 215 g/mol. The summed E-state index contributed by atoms with van der Waals surface area (Å²) in [4.78, 5) is 0. The molecule has 2 atom stereocenters. The fourth-order valence-corrected chi connectivity index (χ4v) is 1.61. The van der Waals surface area contributed by atoms with E-state index in [0.717, 1.165) is 19.6 Å².